The molecule has 0 saturated carbocycles. The molecule has 0 radical (unpaired) electrons. The van der Waals surface area contributed by atoms with Crippen LogP contribution in [-0.4, -0.2) is 4.57 Å². The van der Waals surface area contributed by atoms with Crippen LogP contribution in [0.5, 0.6) is 0 Å². The zero-order chi connectivity index (χ0) is 38.2. The molecule has 3 aromatic heterocycles. The maximum Gasteiger partial charge on any atom is 0.145 e. The van der Waals surface area contributed by atoms with E-state index in [4.69, 9.17) is 8.83 Å². The van der Waals surface area contributed by atoms with Gasteiger partial charge in [0.25, 0.3) is 0 Å². The molecule has 0 N–H and O–H groups in total. The Hall–Kier alpha value is -7.82. The third-order valence-electron chi connectivity index (χ3n) is 11.6. The first-order chi connectivity index (χ1) is 28.8. The van der Waals surface area contributed by atoms with Gasteiger partial charge in [0.05, 0.1) is 16.7 Å². The third-order valence-corrected chi connectivity index (χ3v) is 11.6. The molecule has 0 amide bonds. The minimum atomic E-state index is 0.856. The van der Waals surface area contributed by atoms with Gasteiger partial charge in [-0.3, -0.25) is 0 Å². The minimum absolute atomic E-state index is 0.856. The second-order valence-corrected chi connectivity index (χ2v) is 14.8. The summed E-state index contributed by atoms with van der Waals surface area (Å²) in [6.07, 6.45) is 0. The highest BCUT2D eigenvalue weighted by molar-refractivity contribution is 6.15. The van der Waals surface area contributed by atoms with E-state index in [9.17, 15) is 0 Å². The number of benzene rings is 9. The van der Waals surface area contributed by atoms with E-state index in [1.54, 1.807) is 0 Å². The molecule has 9 aromatic carbocycles. The number of hydrogen-bond acceptors (Lipinski definition) is 3. The fourth-order valence-corrected chi connectivity index (χ4v) is 9.05. The van der Waals surface area contributed by atoms with Crippen molar-refractivity contribution in [2.75, 3.05) is 4.90 Å². The molecule has 4 heteroatoms. The number of furan rings is 2. The van der Waals surface area contributed by atoms with Crippen molar-refractivity contribution in [3.63, 3.8) is 0 Å². The lowest BCUT2D eigenvalue weighted by Crippen LogP contribution is -2.11. The van der Waals surface area contributed by atoms with E-state index in [2.05, 4.69) is 198 Å². The zero-order valence-corrected chi connectivity index (χ0v) is 31.3. The van der Waals surface area contributed by atoms with E-state index in [-0.39, 0.29) is 0 Å². The Bertz CT molecular complexity index is 3460. The van der Waals surface area contributed by atoms with Crippen LogP contribution in [0.1, 0.15) is 0 Å². The van der Waals surface area contributed by atoms with Crippen LogP contribution in [0.15, 0.2) is 215 Å². The number of hydrogen-bond donors (Lipinski definition) is 0. The number of nitrogens with zero attached hydrogens (tertiary/aromatic N) is 2. The van der Waals surface area contributed by atoms with Crippen molar-refractivity contribution in [1.82, 2.24) is 4.57 Å². The lowest BCUT2D eigenvalue weighted by Gasteiger charge is -2.28. The van der Waals surface area contributed by atoms with Crippen LogP contribution in [0.2, 0.25) is 0 Å². The molecule has 0 aliphatic rings. The molecule has 0 spiro atoms. The Morgan fingerprint density at radius 1 is 0.379 bits per heavy atom. The summed E-state index contributed by atoms with van der Waals surface area (Å²) in [7, 11) is 0. The summed E-state index contributed by atoms with van der Waals surface area (Å²) in [5, 5.41) is 6.90. The van der Waals surface area contributed by atoms with Crippen LogP contribution < -0.4 is 4.90 Å². The lowest BCUT2D eigenvalue weighted by molar-refractivity contribution is 0.669. The van der Waals surface area contributed by atoms with E-state index >= 15 is 0 Å². The van der Waals surface area contributed by atoms with Gasteiger partial charge < -0.3 is 18.3 Å². The molecule has 0 unspecified atom stereocenters. The van der Waals surface area contributed by atoms with Crippen molar-refractivity contribution in [2.45, 2.75) is 0 Å². The number of anilines is 3. The van der Waals surface area contributed by atoms with E-state index in [1.165, 1.54) is 21.8 Å². The molecule has 0 aliphatic heterocycles. The Balaban J connectivity index is 1.08. The van der Waals surface area contributed by atoms with Gasteiger partial charge in [-0.1, -0.05) is 127 Å². The normalized spacial score (nSPS) is 11.8. The molecule has 12 aromatic rings. The summed E-state index contributed by atoms with van der Waals surface area (Å²) in [6, 6.07) is 73.1. The smallest absolute Gasteiger partial charge is 0.145 e. The molecule has 0 bridgehead atoms. The topological polar surface area (TPSA) is 34.5 Å². The van der Waals surface area contributed by atoms with Crippen molar-refractivity contribution in [3.05, 3.63) is 206 Å². The molecule has 0 aliphatic carbocycles. The summed E-state index contributed by atoms with van der Waals surface area (Å²) in [5.41, 5.74) is 14.4. The van der Waals surface area contributed by atoms with Crippen LogP contribution in [0.25, 0.3) is 93.6 Å². The van der Waals surface area contributed by atoms with Gasteiger partial charge in [0.1, 0.15) is 22.3 Å². The van der Waals surface area contributed by atoms with E-state index in [0.717, 1.165) is 88.9 Å². The highest BCUT2D eigenvalue weighted by atomic mass is 16.3. The van der Waals surface area contributed by atoms with Gasteiger partial charge in [-0.25, -0.2) is 0 Å². The first kappa shape index (κ1) is 32.4. The third kappa shape index (κ3) is 4.95. The highest BCUT2D eigenvalue weighted by Gasteiger charge is 2.24. The van der Waals surface area contributed by atoms with Gasteiger partial charge >= 0.3 is 0 Å². The number of fused-ring (bicyclic) bond motifs is 9. The van der Waals surface area contributed by atoms with Gasteiger partial charge in [0, 0.05) is 54.9 Å². The average Bonchev–Trinajstić information content (AvgIpc) is 3.97. The molecule has 0 atom stereocenters. The minimum Gasteiger partial charge on any atom is -0.456 e. The van der Waals surface area contributed by atoms with E-state index < -0.39 is 0 Å². The fraction of sp³-hybridized carbons (Fsp3) is 0. The van der Waals surface area contributed by atoms with E-state index in [0.29, 0.717) is 0 Å². The Labute approximate surface area is 334 Å². The van der Waals surface area contributed by atoms with Gasteiger partial charge in [0.2, 0.25) is 0 Å². The molecule has 272 valence electrons. The quantitative estimate of drug-likeness (QED) is 0.170. The molecular weight excluding hydrogens is 709 g/mol. The standard InChI is InChI=1S/C54H34N2O2/c1-2-15-37(16-3-1)55(38-30-28-35(29-31-38)40-22-13-27-51-53(40)45-21-7-11-26-50(45)57-51)48-33-32-44-43-20-6-10-25-49(43)58-54(44)52(48)36-14-12-17-39(34-36)56-46-23-8-4-18-41(46)42-19-5-9-24-47(42)56/h1-34H. The number of aromatic nitrogens is 1. The van der Waals surface area contributed by atoms with Gasteiger partial charge in [-0.15, -0.1) is 0 Å². The maximum absolute atomic E-state index is 6.87. The predicted octanol–water partition coefficient (Wildman–Crippen LogP) is 15.4. The summed E-state index contributed by atoms with van der Waals surface area (Å²) >= 11 is 0. The average molecular weight is 743 g/mol. The second kappa shape index (κ2) is 12.9. The lowest BCUT2D eigenvalue weighted by atomic mass is 9.97. The first-order valence-electron chi connectivity index (χ1n) is 19.7. The maximum atomic E-state index is 6.87. The van der Waals surface area contributed by atoms with Crippen LogP contribution in [-0.2, 0) is 0 Å². The summed E-state index contributed by atoms with van der Waals surface area (Å²) in [4.78, 5) is 2.35. The molecule has 0 saturated heterocycles. The molecular formula is C54H34N2O2. The van der Waals surface area contributed by atoms with E-state index in [1.807, 2.05) is 18.2 Å². The Morgan fingerprint density at radius 3 is 1.74 bits per heavy atom. The Morgan fingerprint density at radius 2 is 0.983 bits per heavy atom. The zero-order valence-electron chi connectivity index (χ0n) is 31.3. The number of para-hydroxylation sites is 5. The largest absolute Gasteiger partial charge is 0.456 e. The van der Waals surface area contributed by atoms with Crippen LogP contribution in [0.4, 0.5) is 17.1 Å². The molecule has 0 fully saturated rings. The fourth-order valence-electron chi connectivity index (χ4n) is 9.05. The SMILES string of the molecule is c1ccc(N(c2ccc(-c3cccc4oc5ccccc5c34)cc2)c2ccc3c(oc4ccccc43)c2-c2cccc(-n3c4ccccc4c4ccccc43)c2)cc1. The predicted molar refractivity (Wildman–Crippen MR) is 241 cm³/mol. The van der Waals surface area contributed by atoms with Crippen LogP contribution in [0.3, 0.4) is 0 Å². The van der Waals surface area contributed by atoms with Gasteiger partial charge in [-0.2, -0.15) is 0 Å². The second-order valence-electron chi connectivity index (χ2n) is 14.8. The first-order valence-corrected chi connectivity index (χ1v) is 19.7. The van der Waals surface area contributed by atoms with Crippen molar-refractivity contribution in [3.8, 4) is 27.9 Å². The Kier molecular flexibility index (Phi) is 7.20. The van der Waals surface area contributed by atoms with Crippen molar-refractivity contribution in [1.29, 1.82) is 0 Å². The van der Waals surface area contributed by atoms with Crippen molar-refractivity contribution < 1.29 is 8.83 Å². The molecule has 58 heavy (non-hydrogen) atoms. The van der Waals surface area contributed by atoms with Gasteiger partial charge in [0.15, 0.2) is 0 Å². The van der Waals surface area contributed by atoms with Crippen molar-refractivity contribution >= 4 is 82.7 Å². The van der Waals surface area contributed by atoms with Crippen LogP contribution >= 0.6 is 0 Å². The molecule has 3 heterocycles. The summed E-state index contributed by atoms with van der Waals surface area (Å²) < 4.78 is 15.5. The molecule has 4 nitrogen and oxygen atoms in total. The highest BCUT2D eigenvalue weighted by Crippen LogP contribution is 2.48. The molecule has 12 rings (SSSR count). The van der Waals surface area contributed by atoms with Crippen molar-refractivity contribution in [2.24, 2.45) is 0 Å². The van der Waals surface area contributed by atoms with Gasteiger partial charge in [-0.05, 0) is 95.6 Å². The monoisotopic (exact) mass is 742 g/mol. The van der Waals surface area contributed by atoms with Crippen LogP contribution in [0, 0.1) is 0 Å². The number of rotatable bonds is 6. The summed E-state index contributed by atoms with van der Waals surface area (Å²) in [6.45, 7) is 0. The summed E-state index contributed by atoms with van der Waals surface area (Å²) in [5.74, 6) is 0.